The second-order valence-corrected chi connectivity index (χ2v) is 8.76. The first-order chi connectivity index (χ1) is 17.0. The van der Waals surface area contributed by atoms with Crippen LogP contribution in [-0.4, -0.2) is 34.5 Å². The Bertz CT molecular complexity index is 1390. The fourth-order valence-electron chi connectivity index (χ4n) is 3.77. The highest BCUT2D eigenvalue weighted by atomic mass is 32.2. The molecule has 36 heavy (non-hydrogen) atoms. The minimum atomic E-state index is -4.82. The van der Waals surface area contributed by atoms with E-state index in [-0.39, 0.29) is 12.3 Å². The lowest BCUT2D eigenvalue weighted by atomic mass is 10.1. The smallest absolute Gasteiger partial charge is 0.548 e. The molecule has 2 aromatic heterocycles. The molecule has 9 nitrogen and oxygen atoms in total. The first-order valence-electron chi connectivity index (χ1n) is 10.4. The van der Waals surface area contributed by atoms with E-state index in [1.54, 1.807) is 24.4 Å². The number of thioether (sulfide) groups is 1. The maximum Gasteiger partial charge on any atom is 0.573 e. The normalized spacial score (nSPS) is 12.8. The number of pyridine rings is 2. The molecule has 0 unspecified atom stereocenters. The van der Waals surface area contributed by atoms with Gasteiger partial charge >= 0.3 is 6.36 Å². The maximum atomic E-state index is 13.1. The minimum absolute atomic E-state index is 0.0246. The average Bonchev–Trinajstić information content (AvgIpc) is 3.30. The summed E-state index contributed by atoms with van der Waals surface area (Å²) >= 11 is 1.44. The van der Waals surface area contributed by atoms with Crippen LogP contribution >= 0.6 is 11.8 Å². The molecule has 0 saturated carbocycles. The molecule has 0 spiro atoms. The van der Waals surface area contributed by atoms with Gasteiger partial charge in [-0.3, -0.25) is 9.59 Å². The van der Waals surface area contributed by atoms with Crippen molar-refractivity contribution in [2.24, 2.45) is 0 Å². The monoisotopic (exact) mass is 521 g/mol. The van der Waals surface area contributed by atoms with Gasteiger partial charge in [0.1, 0.15) is 17.1 Å². The van der Waals surface area contributed by atoms with Gasteiger partial charge in [0, 0.05) is 40.0 Å². The highest BCUT2D eigenvalue weighted by molar-refractivity contribution is 7.98. The Hall–Kier alpha value is -4.00. The Morgan fingerprint density at radius 3 is 2.67 bits per heavy atom. The van der Waals surface area contributed by atoms with Crippen LogP contribution in [-0.2, 0) is 22.8 Å². The molecule has 0 bridgehead atoms. The van der Waals surface area contributed by atoms with E-state index >= 15 is 0 Å². The number of H-pyrrole nitrogens is 1. The van der Waals surface area contributed by atoms with Crippen LogP contribution < -0.4 is 25.7 Å². The number of carboxylic acids is 1. The first kappa shape index (κ1) is 25.1. The van der Waals surface area contributed by atoms with Gasteiger partial charge in [0.15, 0.2) is 6.20 Å². The van der Waals surface area contributed by atoms with Crippen LogP contribution in [0.2, 0.25) is 0 Å². The van der Waals surface area contributed by atoms with Crippen LogP contribution in [0.1, 0.15) is 27.2 Å². The van der Waals surface area contributed by atoms with Crippen LogP contribution in [0, 0.1) is 0 Å². The van der Waals surface area contributed by atoms with E-state index < -0.39 is 41.7 Å². The van der Waals surface area contributed by atoms with Crippen molar-refractivity contribution in [1.29, 1.82) is 0 Å². The summed E-state index contributed by atoms with van der Waals surface area (Å²) < 4.78 is 42.8. The summed E-state index contributed by atoms with van der Waals surface area (Å²) in [7, 11) is 0. The number of aromatic nitrogens is 2. The lowest BCUT2D eigenvalue weighted by molar-refractivity contribution is -0.365. The van der Waals surface area contributed by atoms with Crippen molar-refractivity contribution < 1.29 is 42.7 Å². The standard InChI is InChI=1S/C23H18F3N3O6S/c24-23(25,26)35-14-3-1-2-13(6-14)16-5-4-12(7-27-16)9-29-17-11-36-10-15(17)20(32)19(22(29)34)21(33)28-8-18(30)31/h1-7,32H,8-11H2,(H,28,33)(H,30,31). The van der Waals surface area contributed by atoms with Gasteiger partial charge in [-0.2, -0.15) is 11.8 Å². The van der Waals surface area contributed by atoms with Crippen LogP contribution in [0.3, 0.4) is 0 Å². The molecule has 1 aliphatic rings. The zero-order chi connectivity index (χ0) is 26.0. The van der Waals surface area contributed by atoms with Crippen molar-refractivity contribution in [3.05, 3.63) is 75.3 Å². The molecular weight excluding hydrogens is 503 g/mol. The lowest BCUT2D eigenvalue weighted by Gasteiger charge is -2.16. The number of benzene rings is 1. The van der Waals surface area contributed by atoms with Gasteiger partial charge in [0.25, 0.3) is 11.5 Å². The number of carbonyl (C=O) groups excluding carboxylic acids is 2. The topological polar surface area (TPSA) is 135 Å². The number of carbonyl (C=O) groups is 2. The zero-order valence-corrected chi connectivity index (χ0v) is 19.2. The second-order valence-electron chi connectivity index (χ2n) is 7.77. The van der Waals surface area contributed by atoms with E-state index in [4.69, 9.17) is 0 Å². The Morgan fingerprint density at radius 2 is 2.00 bits per heavy atom. The summed E-state index contributed by atoms with van der Waals surface area (Å²) in [6.45, 7) is -0.800. The van der Waals surface area contributed by atoms with Crippen LogP contribution in [0.15, 0.2) is 47.4 Å². The number of aromatic hydroxyl groups is 1. The van der Waals surface area contributed by atoms with Crippen molar-refractivity contribution in [2.75, 3.05) is 6.54 Å². The average molecular weight is 521 g/mol. The summed E-state index contributed by atoms with van der Waals surface area (Å²) in [6.07, 6.45) is -3.25. The summed E-state index contributed by atoms with van der Waals surface area (Å²) in [5.74, 6) is -2.64. The fraction of sp³-hybridized carbons (Fsp3) is 0.217. The van der Waals surface area contributed by atoms with E-state index in [1.165, 1.54) is 34.5 Å². The number of aromatic amines is 1. The number of nitrogens with one attached hydrogen (secondary N) is 2. The summed E-state index contributed by atoms with van der Waals surface area (Å²) in [6, 6.07) is 8.71. The first-order valence-corrected chi connectivity index (χ1v) is 11.6. The maximum absolute atomic E-state index is 13.1. The quantitative estimate of drug-likeness (QED) is 0.477. The van der Waals surface area contributed by atoms with Gasteiger partial charge in [-0.15, -0.1) is 13.2 Å². The molecule has 1 aliphatic heterocycles. The number of halogens is 3. The fourth-order valence-corrected chi connectivity index (χ4v) is 4.90. The molecule has 0 fully saturated rings. The van der Waals surface area contributed by atoms with Gasteiger partial charge in [-0.25, -0.2) is 4.98 Å². The van der Waals surface area contributed by atoms with Crippen molar-refractivity contribution in [2.45, 2.75) is 24.4 Å². The van der Waals surface area contributed by atoms with E-state index in [9.17, 15) is 37.8 Å². The number of aliphatic carboxylic acids is 1. The number of hydrogen-bond acceptors (Lipinski definition) is 7. The molecule has 1 aromatic carbocycles. The number of nitrogens with zero attached hydrogens (tertiary/aromatic N) is 1. The predicted octanol–water partition coefficient (Wildman–Crippen LogP) is 1.21. The molecule has 3 heterocycles. The van der Waals surface area contributed by atoms with E-state index in [1.807, 2.05) is 5.32 Å². The predicted molar refractivity (Wildman–Crippen MR) is 119 cm³/mol. The molecule has 188 valence electrons. The lowest BCUT2D eigenvalue weighted by Crippen LogP contribution is -2.41. The van der Waals surface area contributed by atoms with Gasteiger partial charge in [-0.1, -0.05) is 6.07 Å². The Morgan fingerprint density at radius 1 is 1.22 bits per heavy atom. The van der Waals surface area contributed by atoms with Gasteiger partial charge in [0.05, 0.1) is 19.1 Å². The summed E-state index contributed by atoms with van der Waals surface area (Å²) in [4.78, 5) is 39.2. The van der Waals surface area contributed by atoms with Crippen molar-refractivity contribution in [3.63, 3.8) is 0 Å². The van der Waals surface area contributed by atoms with E-state index in [2.05, 4.69) is 9.72 Å². The molecule has 0 radical (unpaired) electrons. The van der Waals surface area contributed by atoms with Gasteiger partial charge in [0.2, 0.25) is 5.69 Å². The molecule has 3 N–H and O–H groups in total. The van der Waals surface area contributed by atoms with Crippen molar-refractivity contribution in [3.8, 4) is 22.8 Å². The summed E-state index contributed by atoms with van der Waals surface area (Å²) in [5.41, 5.74) is 1.15. The van der Waals surface area contributed by atoms with Gasteiger partial charge in [-0.05, 0) is 24.3 Å². The van der Waals surface area contributed by atoms with Gasteiger partial charge < -0.3 is 29.6 Å². The zero-order valence-electron chi connectivity index (χ0n) is 18.3. The highest BCUT2D eigenvalue weighted by Gasteiger charge is 2.31. The SMILES string of the molecule is O=C([O-])CNC(=O)c1c(O)c2c(n(Cc3ccc(-c4cccc(OC(F)(F)F)c4)[nH+]c3)c1=O)CSC2. The van der Waals surface area contributed by atoms with E-state index in [0.29, 0.717) is 39.6 Å². The van der Waals surface area contributed by atoms with Crippen molar-refractivity contribution in [1.82, 2.24) is 9.88 Å². The number of carboxylic acid groups (broad SMARTS) is 1. The van der Waals surface area contributed by atoms with Crippen LogP contribution in [0.25, 0.3) is 11.3 Å². The molecular formula is C23H18F3N3O6S. The third-order valence-corrected chi connectivity index (χ3v) is 6.33. The Kier molecular flexibility index (Phi) is 6.93. The van der Waals surface area contributed by atoms with E-state index in [0.717, 1.165) is 0 Å². The van der Waals surface area contributed by atoms with Crippen molar-refractivity contribution >= 4 is 23.6 Å². The number of amides is 1. The number of rotatable bonds is 7. The highest BCUT2D eigenvalue weighted by Crippen LogP contribution is 2.36. The molecule has 0 aliphatic carbocycles. The summed E-state index contributed by atoms with van der Waals surface area (Å²) in [5, 5.41) is 23.2. The van der Waals surface area contributed by atoms with Crippen LogP contribution in [0.4, 0.5) is 13.2 Å². The molecule has 13 heteroatoms. The molecule has 0 saturated heterocycles. The number of hydrogen-bond donors (Lipinski definition) is 2. The minimum Gasteiger partial charge on any atom is -0.548 e. The van der Waals surface area contributed by atoms with Crippen LogP contribution in [0.5, 0.6) is 11.5 Å². The second kappa shape index (κ2) is 9.93. The largest absolute Gasteiger partial charge is 0.573 e. The Labute approximate surface area is 205 Å². The third kappa shape index (κ3) is 5.46. The molecule has 0 atom stereocenters. The molecule has 1 amide bonds. The number of alkyl halides is 3. The molecule has 4 rings (SSSR count). The molecule has 3 aromatic rings. The third-order valence-electron chi connectivity index (χ3n) is 5.36. The Balaban J connectivity index is 1.63. The number of ether oxygens (including phenoxy) is 1. The number of fused-ring (bicyclic) bond motifs is 1.